The van der Waals surface area contributed by atoms with E-state index in [9.17, 15) is 18.0 Å². The zero-order chi connectivity index (χ0) is 28.4. The van der Waals surface area contributed by atoms with Crippen molar-refractivity contribution in [1.29, 1.82) is 0 Å². The first-order chi connectivity index (χ1) is 19.1. The summed E-state index contributed by atoms with van der Waals surface area (Å²) in [5, 5.41) is 5.75. The highest BCUT2D eigenvalue weighted by molar-refractivity contribution is 6.05. The Morgan fingerprint density at radius 3 is 2.70 bits per heavy atom. The van der Waals surface area contributed by atoms with Crippen LogP contribution in [0.4, 0.5) is 36.3 Å². The number of anilines is 4. The molecule has 1 aliphatic heterocycles. The molecule has 1 amide bonds. The molecule has 1 unspecified atom stereocenters. The maximum Gasteiger partial charge on any atom is 0.420 e. The standard InChI is InChI=1S/C27H26F3N7O3/c1-15-4-5-16(25(38)34-17-6-7-22(39-3)19(11-17)27(28,29)30)10-20(15)35-24-23-21(32-14-33-24)12-31-26(36-23)37(2)18-8-9-40-13-18/h4-7,10-12,14,18H,8-9,13H2,1-3H3,(H,34,38)(H,32,33,35). The number of nitrogens with zero attached hydrogens (tertiary/aromatic N) is 5. The van der Waals surface area contributed by atoms with Gasteiger partial charge in [-0.2, -0.15) is 13.2 Å². The van der Waals surface area contributed by atoms with Crippen LogP contribution in [0.3, 0.4) is 0 Å². The SMILES string of the molecule is COc1ccc(NC(=O)c2ccc(C)c(Nc3ncnc4cnc(N(C)C5CCOC5)nc34)c2)cc1C(F)(F)F. The molecule has 208 valence electrons. The fraction of sp³-hybridized carbons (Fsp3) is 0.296. The minimum Gasteiger partial charge on any atom is -0.496 e. The first-order valence-corrected chi connectivity index (χ1v) is 12.4. The number of fused-ring (bicyclic) bond motifs is 1. The van der Waals surface area contributed by atoms with E-state index in [4.69, 9.17) is 14.5 Å². The predicted octanol–water partition coefficient (Wildman–Crippen LogP) is 4.98. The maximum absolute atomic E-state index is 13.4. The van der Waals surface area contributed by atoms with Crippen LogP contribution in [-0.4, -0.2) is 59.3 Å². The van der Waals surface area contributed by atoms with Crippen LogP contribution in [0.2, 0.25) is 0 Å². The second kappa shape index (κ2) is 10.9. The van der Waals surface area contributed by atoms with Crippen LogP contribution in [-0.2, 0) is 10.9 Å². The Morgan fingerprint density at radius 2 is 1.98 bits per heavy atom. The largest absolute Gasteiger partial charge is 0.496 e. The van der Waals surface area contributed by atoms with Gasteiger partial charge in [0.2, 0.25) is 5.95 Å². The number of likely N-dealkylation sites (N-methyl/N-ethyl adjacent to an activating group) is 1. The van der Waals surface area contributed by atoms with Gasteiger partial charge in [0.1, 0.15) is 23.1 Å². The number of alkyl halides is 3. The lowest BCUT2D eigenvalue weighted by molar-refractivity contribution is -0.138. The fourth-order valence-electron chi connectivity index (χ4n) is 4.33. The lowest BCUT2D eigenvalue weighted by atomic mass is 10.1. The number of hydrogen-bond donors (Lipinski definition) is 2. The van der Waals surface area contributed by atoms with Gasteiger partial charge in [0, 0.05) is 30.6 Å². The number of aryl methyl sites for hydroxylation is 1. The summed E-state index contributed by atoms with van der Waals surface area (Å²) in [5.74, 6) is -0.00295. The fourth-order valence-corrected chi connectivity index (χ4v) is 4.33. The zero-order valence-electron chi connectivity index (χ0n) is 21.9. The normalized spacial score (nSPS) is 15.2. The van der Waals surface area contributed by atoms with E-state index in [0.717, 1.165) is 31.2 Å². The van der Waals surface area contributed by atoms with E-state index in [-0.39, 0.29) is 23.0 Å². The van der Waals surface area contributed by atoms with E-state index >= 15 is 0 Å². The lowest BCUT2D eigenvalue weighted by Gasteiger charge is -2.23. The predicted molar refractivity (Wildman–Crippen MR) is 143 cm³/mol. The van der Waals surface area contributed by atoms with Crippen LogP contribution in [0.1, 0.15) is 27.9 Å². The van der Waals surface area contributed by atoms with Crippen molar-refractivity contribution in [3.63, 3.8) is 0 Å². The second-order valence-electron chi connectivity index (χ2n) is 9.28. The van der Waals surface area contributed by atoms with E-state index in [1.807, 2.05) is 18.9 Å². The highest BCUT2D eigenvalue weighted by Gasteiger charge is 2.34. The van der Waals surface area contributed by atoms with Crippen LogP contribution >= 0.6 is 0 Å². The molecule has 1 saturated heterocycles. The average molecular weight is 554 g/mol. The molecule has 3 heterocycles. The summed E-state index contributed by atoms with van der Waals surface area (Å²) in [6.45, 7) is 3.13. The smallest absolute Gasteiger partial charge is 0.420 e. The quantitative estimate of drug-likeness (QED) is 0.327. The Kier molecular flexibility index (Phi) is 7.39. The molecular weight excluding hydrogens is 527 g/mol. The molecule has 0 saturated carbocycles. The number of rotatable bonds is 7. The first kappa shape index (κ1) is 27.1. The van der Waals surface area contributed by atoms with Gasteiger partial charge in [0.25, 0.3) is 5.91 Å². The third kappa shape index (κ3) is 5.59. The minimum atomic E-state index is -4.64. The summed E-state index contributed by atoms with van der Waals surface area (Å²) in [6, 6.07) is 8.41. The minimum absolute atomic E-state index is 0.0176. The number of nitrogens with one attached hydrogen (secondary N) is 2. The van der Waals surface area contributed by atoms with Gasteiger partial charge in [-0.15, -0.1) is 0 Å². The molecule has 0 radical (unpaired) electrons. The Balaban J connectivity index is 1.41. The summed E-state index contributed by atoms with van der Waals surface area (Å²) in [4.78, 5) is 32.7. The number of hydrogen-bond acceptors (Lipinski definition) is 9. The van der Waals surface area contributed by atoms with Gasteiger partial charge in [0.05, 0.1) is 31.5 Å². The lowest BCUT2D eigenvalue weighted by Crippen LogP contribution is -2.33. The van der Waals surface area contributed by atoms with E-state index in [0.29, 0.717) is 41.7 Å². The molecule has 2 N–H and O–H groups in total. The van der Waals surface area contributed by atoms with Crippen molar-refractivity contribution in [3.05, 3.63) is 65.6 Å². The molecule has 1 fully saturated rings. The number of amides is 1. The first-order valence-electron chi connectivity index (χ1n) is 12.4. The van der Waals surface area contributed by atoms with Crippen molar-refractivity contribution in [1.82, 2.24) is 19.9 Å². The topological polar surface area (TPSA) is 114 Å². The van der Waals surface area contributed by atoms with Gasteiger partial charge in [-0.1, -0.05) is 6.07 Å². The van der Waals surface area contributed by atoms with Crippen LogP contribution < -0.4 is 20.3 Å². The Bertz CT molecular complexity index is 1560. The number of methoxy groups -OCH3 is 1. The van der Waals surface area contributed by atoms with Gasteiger partial charge in [-0.25, -0.2) is 19.9 Å². The Labute approximate surface area is 227 Å². The molecule has 5 rings (SSSR count). The number of aromatic nitrogens is 4. The molecule has 4 aromatic rings. The molecule has 40 heavy (non-hydrogen) atoms. The Hall–Kier alpha value is -4.52. The molecule has 13 heteroatoms. The number of halogens is 3. The number of ether oxygens (including phenoxy) is 2. The number of carbonyl (C=O) groups is 1. The van der Waals surface area contributed by atoms with Crippen molar-refractivity contribution < 1.29 is 27.4 Å². The number of benzene rings is 2. The van der Waals surface area contributed by atoms with Crippen LogP contribution in [0.15, 0.2) is 48.9 Å². The third-order valence-corrected chi connectivity index (χ3v) is 6.65. The van der Waals surface area contributed by atoms with Crippen molar-refractivity contribution in [2.45, 2.75) is 25.6 Å². The molecule has 0 spiro atoms. The van der Waals surface area contributed by atoms with E-state index in [2.05, 4.69) is 25.6 Å². The second-order valence-corrected chi connectivity index (χ2v) is 9.28. The van der Waals surface area contributed by atoms with E-state index in [1.165, 1.54) is 12.4 Å². The van der Waals surface area contributed by atoms with E-state index in [1.54, 1.807) is 24.4 Å². The maximum atomic E-state index is 13.4. The molecule has 2 aromatic carbocycles. The monoisotopic (exact) mass is 553 g/mol. The van der Waals surface area contributed by atoms with Gasteiger partial charge in [0.15, 0.2) is 5.82 Å². The van der Waals surface area contributed by atoms with Crippen molar-refractivity contribution in [3.8, 4) is 5.75 Å². The van der Waals surface area contributed by atoms with Crippen molar-refractivity contribution >= 4 is 40.1 Å². The highest BCUT2D eigenvalue weighted by atomic mass is 19.4. The molecule has 1 aliphatic rings. The molecule has 0 bridgehead atoms. The summed E-state index contributed by atoms with van der Waals surface area (Å²) in [7, 11) is 3.06. The van der Waals surface area contributed by atoms with Gasteiger partial charge < -0.3 is 25.0 Å². The van der Waals surface area contributed by atoms with Crippen LogP contribution in [0.5, 0.6) is 5.75 Å². The Morgan fingerprint density at radius 1 is 1.15 bits per heavy atom. The van der Waals surface area contributed by atoms with Crippen molar-refractivity contribution in [2.75, 3.05) is 42.9 Å². The molecule has 0 aliphatic carbocycles. The summed E-state index contributed by atoms with van der Waals surface area (Å²) >= 11 is 0. The van der Waals surface area contributed by atoms with E-state index < -0.39 is 17.6 Å². The van der Waals surface area contributed by atoms with Crippen LogP contribution in [0, 0.1) is 6.92 Å². The summed E-state index contributed by atoms with van der Waals surface area (Å²) < 4.78 is 50.5. The number of carbonyl (C=O) groups excluding carboxylic acids is 1. The molecule has 1 atom stereocenters. The highest BCUT2D eigenvalue weighted by Crippen LogP contribution is 2.38. The van der Waals surface area contributed by atoms with Gasteiger partial charge >= 0.3 is 6.18 Å². The van der Waals surface area contributed by atoms with Gasteiger partial charge in [-0.05, 0) is 49.2 Å². The van der Waals surface area contributed by atoms with Gasteiger partial charge in [-0.3, -0.25) is 4.79 Å². The molecular formula is C27H26F3N7O3. The third-order valence-electron chi connectivity index (χ3n) is 6.65. The summed E-state index contributed by atoms with van der Waals surface area (Å²) in [5.41, 5.74) is 1.62. The van der Waals surface area contributed by atoms with Crippen LogP contribution in [0.25, 0.3) is 11.0 Å². The zero-order valence-corrected chi connectivity index (χ0v) is 21.9. The summed E-state index contributed by atoms with van der Waals surface area (Å²) in [6.07, 6.45) is -0.763. The molecule has 2 aromatic heterocycles. The van der Waals surface area contributed by atoms with Crippen molar-refractivity contribution in [2.24, 2.45) is 0 Å². The average Bonchev–Trinajstić information content (AvgIpc) is 3.48. The molecule has 10 nitrogen and oxygen atoms in total.